The van der Waals surface area contributed by atoms with Gasteiger partial charge < -0.3 is 24.0 Å². The molecular weight excluding hydrogens is 360 g/mol. The second kappa shape index (κ2) is 9.17. The summed E-state index contributed by atoms with van der Waals surface area (Å²) in [5.41, 5.74) is 0.634. The zero-order valence-corrected chi connectivity index (χ0v) is 17.9. The lowest BCUT2D eigenvalue weighted by molar-refractivity contribution is -0.138. The van der Waals surface area contributed by atoms with Crippen LogP contribution in [-0.4, -0.2) is 57.2 Å². The summed E-state index contributed by atoms with van der Waals surface area (Å²) in [6.07, 6.45) is 0.205. The molecule has 0 aromatic heterocycles. The van der Waals surface area contributed by atoms with Crippen molar-refractivity contribution in [2.24, 2.45) is 11.8 Å². The standard InChI is InChI=1S/C21H32N2O5/c1-13(2)11-22(14(3)4)21(25)15-8-19(24)23(12-15)16-9-17(26-5)20(28-7)18(10-16)27-6/h9-10,13-15H,8,11-12H2,1-7H3. The van der Waals surface area contributed by atoms with E-state index in [0.29, 0.717) is 41.9 Å². The fourth-order valence-electron chi connectivity index (χ4n) is 3.53. The smallest absolute Gasteiger partial charge is 0.228 e. The van der Waals surface area contributed by atoms with Gasteiger partial charge in [0.25, 0.3) is 0 Å². The average Bonchev–Trinajstić information content (AvgIpc) is 3.05. The molecule has 0 bridgehead atoms. The predicted octanol–water partition coefficient (Wildman–Crippen LogP) is 2.96. The van der Waals surface area contributed by atoms with Gasteiger partial charge in [-0.15, -0.1) is 0 Å². The van der Waals surface area contributed by atoms with E-state index in [0.717, 1.165) is 0 Å². The Morgan fingerprint density at radius 2 is 1.68 bits per heavy atom. The van der Waals surface area contributed by atoms with E-state index in [2.05, 4.69) is 13.8 Å². The summed E-state index contributed by atoms with van der Waals surface area (Å²) in [5.74, 6) is 1.39. The lowest BCUT2D eigenvalue weighted by atomic mass is 10.0. The van der Waals surface area contributed by atoms with Gasteiger partial charge in [0.2, 0.25) is 17.6 Å². The fourth-order valence-corrected chi connectivity index (χ4v) is 3.53. The summed E-state index contributed by atoms with van der Waals surface area (Å²) in [5, 5.41) is 0. The minimum atomic E-state index is -0.354. The molecule has 1 fully saturated rings. The van der Waals surface area contributed by atoms with Crippen molar-refractivity contribution < 1.29 is 23.8 Å². The summed E-state index contributed by atoms with van der Waals surface area (Å²) in [7, 11) is 4.60. The number of benzene rings is 1. The molecule has 2 amide bonds. The first kappa shape index (κ1) is 21.9. The number of rotatable bonds is 8. The molecule has 1 aromatic carbocycles. The zero-order valence-electron chi connectivity index (χ0n) is 17.9. The highest BCUT2D eigenvalue weighted by Gasteiger charge is 2.38. The highest BCUT2D eigenvalue weighted by Crippen LogP contribution is 2.42. The van der Waals surface area contributed by atoms with Crippen LogP contribution in [0.2, 0.25) is 0 Å². The maximum atomic E-state index is 13.1. The lowest BCUT2D eigenvalue weighted by Crippen LogP contribution is -2.43. The Balaban J connectivity index is 2.28. The molecule has 1 aromatic rings. The Kier molecular flexibility index (Phi) is 7.16. The Morgan fingerprint density at radius 1 is 1.11 bits per heavy atom. The summed E-state index contributed by atoms with van der Waals surface area (Å²) in [6.45, 7) is 9.22. The molecule has 7 nitrogen and oxygen atoms in total. The third-order valence-electron chi connectivity index (χ3n) is 4.90. The van der Waals surface area contributed by atoms with E-state index in [-0.39, 0.29) is 30.2 Å². The van der Waals surface area contributed by atoms with Crippen LogP contribution in [0.4, 0.5) is 5.69 Å². The summed E-state index contributed by atoms with van der Waals surface area (Å²) in [4.78, 5) is 29.3. The van der Waals surface area contributed by atoms with Crippen molar-refractivity contribution >= 4 is 17.5 Å². The van der Waals surface area contributed by atoms with Gasteiger partial charge >= 0.3 is 0 Å². The van der Waals surface area contributed by atoms with E-state index >= 15 is 0 Å². The normalized spacial score (nSPS) is 16.7. The van der Waals surface area contributed by atoms with E-state index in [9.17, 15) is 9.59 Å². The van der Waals surface area contributed by atoms with Crippen molar-refractivity contribution in [3.8, 4) is 17.2 Å². The molecule has 1 saturated heterocycles. The number of ether oxygens (including phenoxy) is 3. The van der Waals surface area contributed by atoms with Crippen molar-refractivity contribution in [3.63, 3.8) is 0 Å². The zero-order chi connectivity index (χ0) is 21.0. The summed E-state index contributed by atoms with van der Waals surface area (Å²) < 4.78 is 16.1. The highest BCUT2D eigenvalue weighted by molar-refractivity contribution is 6.00. The topological polar surface area (TPSA) is 68.3 Å². The molecule has 1 aliphatic heterocycles. The molecule has 156 valence electrons. The number of carbonyl (C=O) groups is 2. The molecular formula is C21H32N2O5. The van der Waals surface area contributed by atoms with Gasteiger partial charge in [-0.1, -0.05) is 13.8 Å². The number of hydrogen-bond donors (Lipinski definition) is 0. The van der Waals surface area contributed by atoms with Crippen LogP contribution in [0.1, 0.15) is 34.1 Å². The van der Waals surface area contributed by atoms with Gasteiger partial charge in [0.15, 0.2) is 11.5 Å². The molecule has 0 aliphatic carbocycles. The molecule has 1 aliphatic rings. The quantitative estimate of drug-likeness (QED) is 0.680. The lowest BCUT2D eigenvalue weighted by Gasteiger charge is -2.30. The molecule has 1 atom stereocenters. The number of methoxy groups -OCH3 is 3. The van der Waals surface area contributed by atoms with Gasteiger partial charge in [-0.25, -0.2) is 0 Å². The van der Waals surface area contributed by atoms with Crippen LogP contribution in [0.3, 0.4) is 0 Å². The molecule has 2 rings (SSSR count). The first-order chi connectivity index (χ1) is 13.2. The molecule has 7 heteroatoms. The van der Waals surface area contributed by atoms with Gasteiger partial charge in [-0.2, -0.15) is 0 Å². The van der Waals surface area contributed by atoms with E-state index in [1.807, 2.05) is 18.7 Å². The van der Waals surface area contributed by atoms with Crippen LogP contribution in [0.15, 0.2) is 12.1 Å². The molecule has 0 radical (unpaired) electrons. The maximum Gasteiger partial charge on any atom is 0.228 e. The SMILES string of the molecule is COc1cc(N2CC(C(=O)N(CC(C)C)C(C)C)CC2=O)cc(OC)c1OC. The second-order valence-electron chi connectivity index (χ2n) is 7.77. The van der Waals surface area contributed by atoms with Crippen LogP contribution in [0, 0.1) is 11.8 Å². The molecule has 0 saturated carbocycles. The van der Waals surface area contributed by atoms with Gasteiger partial charge in [-0.3, -0.25) is 9.59 Å². The van der Waals surface area contributed by atoms with Crippen LogP contribution >= 0.6 is 0 Å². The van der Waals surface area contributed by atoms with Crippen molar-refractivity contribution in [2.45, 2.75) is 40.2 Å². The van der Waals surface area contributed by atoms with E-state index in [1.165, 1.54) is 21.3 Å². The maximum absolute atomic E-state index is 13.1. The average molecular weight is 392 g/mol. The van der Waals surface area contributed by atoms with E-state index in [4.69, 9.17) is 14.2 Å². The molecule has 1 heterocycles. The Labute approximate surface area is 167 Å². The van der Waals surface area contributed by atoms with E-state index in [1.54, 1.807) is 17.0 Å². The third kappa shape index (κ3) is 4.51. The predicted molar refractivity (Wildman–Crippen MR) is 108 cm³/mol. The van der Waals surface area contributed by atoms with Crippen LogP contribution < -0.4 is 19.1 Å². The minimum Gasteiger partial charge on any atom is -0.493 e. The van der Waals surface area contributed by atoms with Crippen LogP contribution in [0.25, 0.3) is 0 Å². The fraction of sp³-hybridized carbons (Fsp3) is 0.619. The Bertz CT molecular complexity index is 692. The van der Waals surface area contributed by atoms with Crippen molar-refractivity contribution in [1.29, 1.82) is 0 Å². The van der Waals surface area contributed by atoms with Crippen molar-refractivity contribution in [1.82, 2.24) is 4.90 Å². The van der Waals surface area contributed by atoms with E-state index < -0.39 is 0 Å². The second-order valence-corrected chi connectivity index (χ2v) is 7.77. The van der Waals surface area contributed by atoms with Gasteiger partial charge in [0, 0.05) is 37.7 Å². The summed E-state index contributed by atoms with van der Waals surface area (Å²) in [6, 6.07) is 3.57. The highest BCUT2D eigenvalue weighted by atomic mass is 16.5. The first-order valence-electron chi connectivity index (χ1n) is 9.64. The monoisotopic (exact) mass is 392 g/mol. The Hall–Kier alpha value is -2.44. The number of nitrogens with zero attached hydrogens (tertiary/aromatic N) is 2. The molecule has 0 spiro atoms. The number of hydrogen-bond acceptors (Lipinski definition) is 5. The van der Waals surface area contributed by atoms with Crippen LogP contribution in [0.5, 0.6) is 17.2 Å². The van der Waals surface area contributed by atoms with Crippen molar-refractivity contribution in [3.05, 3.63) is 12.1 Å². The van der Waals surface area contributed by atoms with Gasteiger partial charge in [0.1, 0.15) is 0 Å². The largest absolute Gasteiger partial charge is 0.493 e. The number of anilines is 1. The van der Waals surface area contributed by atoms with Gasteiger partial charge in [-0.05, 0) is 19.8 Å². The first-order valence-corrected chi connectivity index (χ1v) is 9.64. The Morgan fingerprint density at radius 3 is 2.11 bits per heavy atom. The number of amides is 2. The van der Waals surface area contributed by atoms with Gasteiger partial charge in [0.05, 0.1) is 32.9 Å². The molecule has 0 N–H and O–H groups in total. The van der Waals surface area contributed by atoms with Crippen molar-refractivity contribution in [2.75, 3.05) is 39.3 Å². The minimum absolute atomic E-state index is 0.0343. The van der Waals surface area contributed by atoms with Crippen LogP contribution in [-0.2, 0) is 9.59 Å². The summed E-state index contributed by atoms with van der Waals surface area (Å²) >= 11 is 0. The molecule has 28 heavy (non-hydrogen) atoms. The third-order valence-corrected chi connectivity index (χ3v) is 4.90. The molecule has 1 unspecified atom stereocenters. The number of carbonyl (C=O) groups excluding carboxylic acids is 2.